The van der Waals surface area contributed by atoms with E-state index in [0.717, 1.165) is 25.7 Å². The molecule has 1 unspecified atom stereocenters. The summed E-state index contributed by atoms with van der Waals surface area (Å²) in [5.41, 5.74) is 5.59. The van der Waals surface area contributed by atoms with E-state index in [9.17, 15) is 4.79 Å². The molecule has 3 N–H and O–H groups in total. The maximum absolute atomic E-state index is 11.7. The second kappa shape index (κ2) is 6.05. The van der Waals surface area contributed by atoms with Crippen LogP contribution in [0.15, 0.2) is 12.2 Å². The molecule has 0 bridgehead atoms. The Morgan fingerprint density at radius 1 is 1.41 bits per heavy atom. The highest BCUT2D eigenvalue weighted by molar-refractivity contribution is 5.68. The van der Waals surface area contributed by atoms with E-state index >= 15 is 0 Å². The molecule has 1 aliphatic carbocycles. The SMILES string of the molecule is CC(C)(C)OC(=O)NC1C/C=C/CCC[C@H]1N. The lowest BCUT2D eigenvalue weighted by atomic mass is 9.97. The highest BCUT2D eigenvalue weighted by Crippen LogP contribution is 2.13. The quantitative estimate of drug-likeness (QED) is 0.691. The van der Waals surface area contributed by atoms with Crippen molar-refractivity contribution < 1.29 is 9.53 Å². The Labute approximate surface area is 104 Å². The Bertz CT molecular complexity index is 282. The normalized spacial score (nSPS) is 27.8. The number of alkyl carbamates (subject to hydrolysis) is 1. The highest BCUT2D eigenvalue weighted by atomic mass is 16.6. The van der Waals surface area contributed by atoms with Crippen LogP contribution in [0.4, 0.5) is 4.79 Å². The number of hydrogen-bond donors (Lipinski definition) is 2. The fraction of sp³-hybridized carbons (Fsp3) is 0.769. The largest absolute Gasteiger partial charge is 0.444 e. The van der Waals surface area contributed by atoms with Gasteiger partial charge in [-0.25, -0.2) is 4.79 Å². The summed E-state index contributed by atoms with van der Waals surface area (Å²) >= 11 is 0. The zero-order valence-electron chi connectivity index (χ0n) is 11.0. The average Bonchev–Trinajstić information content (AvgIpc) is 2.15. The summed E-state index contributed by atoms with van der Waals surface area (Å²) < 4.78 is 5.23. The second-order valence-corrected chi connectivity index (χ2v) is 5.55. The minimum atomic E-state index is -0.467. The predicted molar refractivity (Wildman–Crippen MR) is 68.7 cm³/mol. The molecule has 0 radical (unpaired) electrons. The molecule has 0 aliphatic heterocycles. The van der Waals surface area contributed by atoms with Crippen molar-refractivity contribution in [3.8, 4) is 0 Å². The third-order valence-electron chi connectivity index (χ3n) is 2.68. The van der Waals surface area contributed by atoms with Gasteiger partial charge in [-0.05, 0) is 46.5 Å². The first-order valence-electron chi connectivity index (χ1n) is 6.28. The first-order chi connectivity index (χ1) is 7.88. The van der Waals surface area contributed by atoms with Crippen molar-refractivity contribution in [1.29, 1.82) is 0 Å². The Hall–Kier alpha value is -1.03. The molecule has 4 nitrogen and oxygen atoms in total. The van der Waals surface area contributed by atoms with Gasteiger partial charge in [0.2, 0.25) is 0 Å². The lowest BCUT2D eigenvalue weighted by Crippen LogP contribution is -2.49. The molecular formula is C13H24N2O2. The minimum absolute atomic E-state index is 0.00692. The highest BCUT2D eigenvalue weighted by Gasteiger charge is 2.23. The van der Waals surface area contributed by atoms with E-state index in [1.54, 1.807) is 0 Å². The number of amides is 1. The van der Waals surface area contributed by atoms with Gasteiger partial charge in [0.1, 0.15) is 5.60 Å². The molecule has 0 aromatic carbocycles. The van der Waals surface area contributed by atoms with Crippen LogP contribution in [-0.4, -0.2) is 23.8 Å². The van der Waals surface area contributed by atoms with Crippen LogP contribution in [0.1, 0.15) is 46.5 Å². The van der Waals surface area contributed by atoms with Crippen LogP contribution in [0.2, 0.25) is 0 Å². The zero-order chi connectivity index (χ0) is 12.9. The smallest absolute Gasteiger partial charge is 0.407 e. The molecule has 0 heterocycles. The van der Waals surface area contributed by atoms with Gasteiger partial charge in [0.05, 0.1) is 6.04 Å². The predicted octanol–water partition coefficient (Wildman–Crippen LogP) is 2.34. The summed E-state index contributed by atoms with van der Waals surface area (Å²) in [7, 11) is 0. The fourth-order valence-corrected chi connectivity index (χ4v) is 1.83. The van der Waals surface area contributed by atoms with Crippen LogP contribution in [0, 0.1) is 0 Å². The summed E-state index contributed by atoms with van der Waals surface area (Å²) in [6.07, 6.45) is 7.71. The average molecular weight is 240 g/mol. The van der Waals surface area contributed by atoms with Crippen LogP contribution in [0.3, 0.4) is 0 Å². The van der Waals surface area contributed by atoms with Gasteiger partial charge in [0.25, 0.3) is 0 Å². The molecule has 1 rings (SSSR count). The Kier molecular flexibility index (Phi) is 5.00. The molecule has 2 atom stereocenters. The van der Waals surface area contributed by atoms with E-state index in [2.05, 4.69) is 17.5 Å². The molecule has 0 saturated heterocycles. The lowest BCUT2D eigenvalue weighted by Gasteiger charge is -2.27. The number of ether oxygens (including phenoxy) is 1. The fourth-order valence-electron chi connectivity index (χ4n) is 1.83. The molecular weight excluding hydrogens is 216 g/mol. The van der Waals surface area contributed by atoms with Crippen LogP contribution < -0.4 is 11.1 Å². The summed E-state index contributed by atoms with van der Waals surface area (Å²) in [4.78, 5) is 11.7. The Morgan fingerprint density at radius 3 is 2.76 bits per heavy atom. The number of nitrogens with two attached hydrogens (primary N) is 1. The van der Waals surface area contributed by atoms with Gasteiger partial charge in [-0.3, -0.25) is 0 Å². The third kappa shape index (κ3) is 5.73. The first-order valence-corrected chi connectivity index (χ1v) is 6.28. The van der Waals surface area contributed by atoms with E-state index in [-0.39, 0.29) is 18.2 Å². The minimum Gasteiger partial charge on any atom is -0.444 e. The first kappa shape index (κ1) is 14.0. The van der Waals surface area contributed by atoms with Crippen molar-refractivity contribution in [3.63, 3.8) is 0 Å². The summed E-state index contributed by atoms with van der Waals surface area (Å²) in [6, 6.07) is -0.0196. The van der Waals surface area contributed by atoms with Gasteiger partial charge in [0.15, 0.2) is 0 Å². The van der Waals surface area contributed by atoms with Crippen LogP contribution in [-0.2, 0) is 4.74 Å². The van der Waals surface area contributed by atoms with Crippen LogP contribution in [0.5, 0.6) is 0 Å². The molecule has 1 amide bonds. The van der Waals surface area contributed by atoms with Gasteiger partial charge >= 0.3 is 6.09 Å². The van der Waals surface area contributed by atoms with Crippen molar-refractivity contribution in [3.05, 3.63) is 12.2 Å². The molecule has 4 heteroatoms. The van der Waals surface area contributed by atoms with E-state index in [1.165, 1.54) is 0 Å². The van der Waals surface area contributed by atoms with E-state index in [0.29, 0.717) is 0 Å². The van der Waals surface area contributed by atoms with Gasteiger partial charge in [0, 0.05) is 6.04 Å². The Balaban J connectivity index is 2.49. The van der Waals surface area contributed by atoms with E-state index in [1.807, 2.05) is 20.8 Å². The third-order valence-corrected chi connectivity index (χ3v) is 2.68. The molecule has 0 aromatic rings. The number of carbonyl (C=O) groups excluding carboxylic acids is 1. The molecule has 0 saturated carbocycles. The summed E-state index contributed by atoms with van der Waals surface area (Å²) in [5.74, 6) is 0. The maximum Gasteiger partial charge on any atom is 0.407 e. The van der Waals surface area contributed by atoms with E-state index in [4.69, 9.17) is 10.5 Å². The number of allylic oxidation sites excluding steroid dienone is 1. The number of carbonyl (C=O) groups is 1. The van der Waals surface area contributed by atoms with Crippen molar-refractivity contribution in [1.82, 2.24) is 5.32 Å². The van der Waals surface area contributed by atoms with Crippen molar-refractivity contribution in [2.24, 2.45) is 5.73 Å². The molecule has 1 aliphatic rings. The van der Waals surface area contributed by atoms with Crippen LogP contribution >= 0.6 is 0 Å². The molecule has 0 spiro atoms. The lowest BCUT2D eigenvalue weighted by molar-refractivity contribution is 0.0495. The molecule has 0 aromatic heterocycles. The summed E-state index contributed by atoms with van der Waals surface area (Å²) in [5, 5.41) is 2.86. The van der Waals surface area contributed by atoms with Crippen molar-refractivity contribution >= 4 is 6.09 Å². The monoisotopic (exact) mass is 240 g/mol. The number of nitrogens with one attached hydrogen (secondary N) is 1. The van der Waals surface area contributed by atoms with Gasteiger partial charge in [-0.1, -0.05) is 12.2 Å². The van der Waals surface area contributed by atoms with E-state index < -0.39 is 5.60 Å². The van der Waals surface area contributed by atoms with Crippen LogP contribution in [0.25, 0.3) is 0 Å². The molecule has 98 valence electrons. The standard InChI is InChI=1S/C13H24N2O2/c1-13(2,3)17-12(16)15-11-9-7-5-4-6-8-10(11)14/h5,7,10-11H,4,6,8-9,14H2,1-3H3,(H,15,16)/b7-5+/t10-,11?/m1/s1. The van der Waals surface area contributed by atoms with Crippen molar-refractivity contribution in [2.75, 3.05) is 0 Å². The maximum atomic E-state index is 11.7. The van der Waals surface area contributed by atoms with Gasteiger partial charge in [-0.15, -0.1) is 0 Å². The topological polar surface area (TPSA) is 64.3 Å². The van der Waals surface area contributed by atoms with Crippen molar-refractivity contribution in [2.45, 2.75) is 64.1 Å². The number of rotatable bonds is 1. The molecule has 17 heavy (non-hydrogen) atoms. The second-order valence-electron chi connectivity index (χ2n) is 5.55. The Morgan fingerprint density at radius 2 is 2.12 bits per heavy atom. The van der Waals surface area contributed by atoms with Gasteiger partial charge < -0.3 is 15.8 Å². The zero-order valence-corrected chi connectivity index (χ0v) is 11.0. The summed E-state index contributed by atoms with van der Waals surface area (Å²) in [6.45, 7) is 5.56. The van der Waals surface area contributed by atoms with Gasteiger partial charge in [-0.2, -0.15) is 0 Å². The number of hydrogen-bond acceptors (Lipinski definition) is 3. The molecule has 0 fully saturated rings.